The fourth-order valence-electron chi connectivity index (χ4n) is 1.99. The Morgan fingerprint density at radius 3 is 2.50 bits per heavy atom. The van der Waals surface area contributed by atoms with Crippen LogP contribution >= 0.6 is 0 Å². The quantitative estimate of drug-likeness (QED) is 0.798. The molecule has 0 aliphatic heterocycles. The van der Waals surface area contributed by atoms with Crippen molar-refractivity contribution in [3.05, 3.63) is 66.4 Å². The highest BCUT2D eigenvalue weighted by Crippen LogP contribution is 2.20. The molecular formula is C17H14N2O3. The van der Waals surface area contributed by atoms with Gasteiger partial charge >= 0.3 is 0 Å². The van der Waals surface area contributed by atoms with Crippen molar-refractivity contribution in [1.29, 1.82) is 0 Å². The molecule has 110 valence electrons. The molecule has 2 aromatic carbocycles. The second-order valence-corrected chi connectivity index (χ2v) is 4.63. The van der Waals surface area contributed by atoms with E-state index in [0.717, 1.165) is 11.3 Å². The van der Waals surface area contributed by atoms with Crippen molar-refractivity contribution in [1.82, 2.24) is 5.16 Å². The van der Waals surface area contributed by atoms with Crippen molar-refractivity contribution < 1.29 is 14.1 Å². The maximum atomic E-state index is 12.1. The summed E-state index contributed by atoms with van der Waals surface area (Å²) in [6, 6.07) is 18.2. The molecule has 0 saturated heterocycles. The first-order valence-electron chi connectivity index (χ1n) is 6.74. The molecular weight excluding hydrogens is 280 g/mol. The fraction of sp³-hybridized carbons (Fsp3) is 0.0588. The van der Waals surface area contributed by atoms with Gasteiger partial charge < -0.3 is 14.6 Å². The highest BCUT2D eigenvalue weighted by Gasteiger charge is 2.14. The topological polar surface area (TPSA) is 64.4 Å². The summed E-state index contributed by atoms with van der Waals surface area (Å²) in [5.74, 6) is 0.540. The number of anilines is 1. The molecule has 0 aliphatic rings. The molecule has 1 aromatic heterocycles. The highest BCUT2D eigenvalue weighted by molar-refractivity contribution is 6.02. The zero-order valence-electron chi connectivity index (χ0n) is 11.9. The van der Waals surface area contributed by atoms with Crippen LogP contribution in [0.4, 0.5) is 5.69 Å². The number of nitrogens with zero attached hydrogens (tertiary/aromatic N) is 1. The molecule has 5 nitrogen and oxygen atoms in total. The van der Waals surface area contributed by atoms with Crippen molar-refractivity contribution in [2.45, 2.75) is 0 Å². The highest BCUT2D eigenvalue weighted by atomic mass is 16.5. The maximum Gasteiger partial charge on any atom is 0.294 e. The number of carbonyl (C=O) groups is 1. The minimum absolute atomic E-state index is 0.162. The van der Waals surface area contributed by atoms with Crippen LogP contribution in [0.15, 0.2) is 65.2 Å². The molecule has 0 radical (unpaired) electrons. The van der Waals surface area contributed by atoms with Crippen LogP contribution in [-0.2, 0) is 0 Å². The molecule has 0 fully saturated rings. The van der Waals surface area contributed by atoms with Gasteiger partial charge in [0.05, 0.1) is 7.11 Å². The number of methoxy groups -OCH3 is 1. The Balaban J connectivity index is 1.74. The SMILES string of the molecule is COc1ccc(NC(=O)c2cc(-c3ccccc3)no2)cc1. The summed E-state index contributed by atoms with van der Waals surface area (Å²) in [6.45, 7) is 0. The number of hydrogen-bond acceptors (Lipinski definition) is 4. The lowest BCUT2D eigenvalue weighted by atomic mass is 10.1. The summed E-state index contributed by atoms with van der Waals surface area (Å²) >= 11 is 0. The number of benzene rings is 2. The molecule has 0 saturated carbocycles. The van der Waals surface area contributed by atoms with E-state index in [1.807, 2.05) is 30.3 Å². The van der Waals surface area contributed by atoms with Crippen molar-refractivity contribution in [3.63, 3.8) is 0 Å². The van der Waals surface area contributed by atoms with E-state index in [4.69, 9.17) is 9.26 Å². The van der Waals surface area contributed by atoms with Gasteiger partial charge in [0.15, 0.2) is 0 Å². The van der Waals surface area contributed by atoms with E-state index in [2.05, 4.69) is 10.5 Å². The lowest BCUT2D eigenvalue weighted by Gasteiger charge is -2.03. The van der Waals surface area contributed by atoms with E-state index in [1.54, 1.807) is 37.4 Å². The monoisotopic (exact) mass is 294 g/mol. The van der Waals surface area contributed by atoms with Gasteiger partial charge in [0, 0.05) is 17.3 Å². The van der Waals surface area contributed by atoms with Crippen LogP contribution in [0.3, 0.4) is 0 Å². The lowest BCUT2D eigenvalue weighted by Crippen LogP contribution is -2.10. The number of amides is 1. The van der Waals surface area contributed by atoms with Gasteiger partial charge in [-0.05, 0) is 24.3 Å². The zero-order chi connectivity index (χ0) is 15.4. The Labute approximate surface area is 127 Å². The number of nitrogens with one attached hydrogen (secondary N) is 1. The van der Waals surface area contributed by atoms with Gasteiger partial charge in [0.25, 0.3) is 5.91 Å². The Morgan fingerprint density at radius 1 is 1.09 bits per heavy atom. The average molecular weight is 294 g/mol. The van der Waals surface area contributed by atoms with Crippen LogP contribution in [0, 0.1) is 0 Å². The molecule has 0 aliphatic carbocycles. The van der Waals surface area contributed by atoms with Crippen molar-refractivity contribution in [3.8, 4) is 17.0 Å². The van der Waals surface area contributed by atoms with E-state index in [0.29, 0.717) is 11.4 Å². The summed E-state index contributed by atoms with van der Waals surface area (Å²) < 4.78 is 10.2. The van der Waals surface area contributed by atoms with Crippen LogP contribution in [0.2, 0.25) is 0 Å². The Hall–Kier alpha value is -3.08. The van der Waals surface area contributed by atoms with Gasteiger partial charge in [-0.2, -0.15) is 0 Å². The third-order valence-corrected chi connectivity index (χ3v) is 3.15. The number of aromatic nitrogens is 1. The van der Waals surface area contributed by atoms with Crippen molar-refractivity contribution in [2.24, 2.45) is 0 Å². The smallest absolute Gasteiger partial charge is 0.294 e. The summed E-state index contributed by atoms with van der Waals surface area (Å²) in [4.78, 5) is 12.1. The predicted molar refractivity (Wildman–Crippen MR) is 82.9 cm³/mol. The summed E-state index contributed by atoms with van der Waals surface area (Å²) in [6.07, 6.45) is 0. The first-order valence-corrected chi connectivity index (χ1v) is 6.74. The normalized spacial score (nSPS) is 10.2. The van der Waals surface area contributed by atoms with Crippen LogP contribution in [0.25, 0.3) is 11.3 Å². The van der Waals surface area contributed by atoms with Gasteiger partial charge in [0.1, 0.15) is 11.4 Å². The Kier molecular flexibility index (Phi) is 3.87. The van der Waals surface area contributed by atoms with Crippen LogP contribution in [0.1, 0.15) is 10.6 Å². The van der Waals surface area contributed by atoms with Gasteiger partial charge in [-0.25, -0.2) is 0 Å². The lowest BCUT2D eigenvalue weighted by molar-refractivity contribution is 0.0988. The molecule has 3 aromatic rings. The van der Waals surface area contributed by atoms with E-state index in [-0.39, 0.29) is 11.7 Å². The first kappa shape index (κ1) is 13.9. The molecule has 0 atom stereocenters. The van der Waals surface area contributed by atoms with E-state index in [1.165, 1.54) is 0 Å². The van der Waals surface area contributed by atoms with E-state index >= 15 is 0 Å². The molecule has 1 amide bonds. The van der Waals surface area contributed by atoms with Gasteiger partial charge in [-0.15, -0.1) is 0 Å². The summed E-state index contributed by atoms with van der Waals surface area (Å²) in [5, 5.41) is 6.67. The molecule has 1 heterocycles. The Bertz CT molecular complexity index is 764. The number of carbonyl (C=O) groups excluding carboxylic acids is 1. The average Bonchev–Trinajstić information content (AvgIpc) is 3.06. The van der Waals surface area contributed by atoms with Crippen LogP contribution in [0.5, 0.6) is 5.75 Å². The minimum atomic E-state index is -0.347. The molecule has 0 unspecified atom stereocenters. The summed E-state index contributed by atoms with van der Waals surface area (Å²) in [5.41, 5.74) is 2.18. The van der Waals surface area contributed by atoms with E-state index in [9.17, 15) is 4.79 Å². The molecule has 3 rings (SSSR count). The second-order valence-electron chi connectivity index (χ2n) is 4.63. The van der Waals surface area contributed by atoms with Crippen molar-refractivity contribution in [2.75, 3.05) is 12.4 Å². The number of rotatable bonds is 4. The van der Waals surface area contributed by atoms with Crippen LogP contribution in [-0.4, -0.2) is 18.2 Å². The maximum absolute atomic E-state index is 12.1. The second kappa shape index (κ2) is 6.13. The minimum Gasteiger partial charge on any atom is -0.497 e. The zero-order valence-corrected chi connectivity index (χ0v) is 11.9. The van der Waals surface area contributed by atoms with Crippen LogP contribution < -0.4 is 10.1 Å². The predicted octanol–water partition coefficient (Wildman–Crippen LogP) is 3.60. The fourth-order valence-corrected chi connectivity index (χ4v) is 1.99. The molecule has 1 N–H and O–H groups in total. The molecule has 0 bridgehead atoms. The molecule has 5 heteroatoms. The standard InChI is InChI=1S/C17H14N2O3/c1-21-14-9-7-13(8-10-14)18-17(20)16-11-15(19-22-16)12-5-3-2-4-6-12/h2-11H,1H3,(H,18,20). The Morgan fingerprint density at radius 2 is 1.82 bits per heavy atom. The van der Waals surface area contributed by atoms with Gasteiger partial charge in [-0.1, -0.05) is 35.5 Å². The van der Waals surface area contributed by atoms with Crippen molar-refractivity contribution >= 4 is 11.6 Å². The third-order valence-electron chi connectivity index (χ3n) is 3.15. The van der Waals surface area contributed by atoms with Gasteiger partial charge in [0.2, 0.25) is 5.76 Å². The number of hydrogen-bond donors (Lipinski definition) is 1. The van der Waals surface area contributed by atoms with Gasteiger partial charge in [-0.3, -0.25) is 4.79 Å². The third kappa shape index (κ3) is 2.98. The first-order chi connectivity index (χ1) is 10.8. The molecule has 22 heavy (non-hydrogen) atoms. The summed E-state index contributed by atoms with van der Waals surface area (Å²) in [7, 11) is 1.59. The largest absolute Gasteiger partial charge is 0.497 e. The molecule has 0 spiro atoms. The number of ether oxygens (including phenoxy) is 1. The van der Waals surface area contributed by atoms with E-state index < -0.39 is 0 Å².